The van der Waals surface area contributed by atoms with Crippen molar-refractivity contribution in [2.45, 2.75) is 52.2 Å². The molecule has 1 heterocycles. The monoisotopic (exact) mass is 200 g/mol. The molecule has 0 bridgehead atoms. The van der Waals surface area contributed by atoms with Crippen molar-refractivity contribution < 1.29 is 14.6 Å². The highest BCUT2D eigenvalue weighted by Gasteiger charge is 2.47. The van der Waals surface area contributed by atoms with Gasteiger partial charge in [0, 0.05) is 12.0 Å². The second kappa shape index (κ2) is 3.63. The van der Waals surface area contributed by atoms with Gasteiger partial charge in [0.05, 0.1) is 6.10 Å². The van der Waals surface area contributed by atoms with E-state index in [1.54, 1.807) is 6.92 Å². The van der Waals surface area contributed by atoms with Crippen LogP contribution >= 0.6 is 0 Å². The topological polar surface area (TPSA) is 46.5 Å². The summed E-state index contributed by atoms with van der Waals surface area (Å²) in [7, 11) is 0. The molecule has 1 rings (SSSR count). The fraction of sp³-hybridized carbons (Fsp3) is 0.909. The zero-order valence-corrected chi connectivity index (χ0v) is 9.46. The Hall–Kier alpha value is -0.410. The summed E-state index contributed by atoms with van der Waals surface area (Å²) in [5.41, 5.74) is -1.47. The lowest BCUT2D eigenvalue weighted by Crippen LogP contribution is -2.55. The lowest BCUT2D eigenvalue weighted by atomic mass is 9.76. The van der Waals surface area contributed by atoms with Crippen LogP contribution in [0.1, 0.15) is 40.5 Å². The van der Waals surface area contributed by atoms with Gasteiger partial charge in [0.15, 0.2) is 5.78 Å². The lowest BCUT2D eigenvalue weighted by Gasteiger charge is -2.40. The molecule has 1 aliphatic rings. The maximum Gasteiger partial charge on any atom is 0.172 e. The predicted molar refractivity (Wildman–Crippen MR) is 54.1 cm³/mol. The third-order valence-corrected chi connectivity index (χ3v) is 2.79. The first kappa shape index (κ1) is 11.7. The third-order valence-electron chi connectivity index (χ3n) is 2.79. The quantitative estimate of drug-likeness (QED) is 0.698. The molecule has 0 aromatic heterocycles. The summed E-state index contributed by atoms with van der Waals surface area (Å²) >= 11 is 0. The van der Waals surface area contributed by atoms with E-state index in [9.17, 15) is 9.90 Å². The largest absolute Gasteiger partial charge is 0.390 e. The van der Waals surface area contributed by atoms with Gasteiger partial charge in [-0.1, -0.05) is 20.8 Å². The number of ketones is 1. The van der Waals surface area contributed by atoms with E-state index in [1.165, 1.54) is 0 Å². The number of ether oxygens (including phenoxy) is 1. The molecule has 1 fully saturated rings. The van der Waals surface area contributed by atoms with Gasteiger partial charge < -0.3 is 9.84 Å². The standard InChI is InChI=1S/C11H20O3/c1-10(2,3)9(13)11(4)8(12)6-5-7-14-11/h8,12H,5-7H2,1-4H3/t8-,11+/m1/s1. The van der Waals surface area contributed by atoms with Gasteiger partial charge in [-0.25, -0.2) is 0 Å². The Kier molecular flexibility index (Phi) is 3.02. The van der Waals surface area contributed by atoms with Crippen LogP contribution in [0.3, 0.4) is 0 Å². The average molecular weight is 200 g/mol. The molecule has 0 spiro atoms. The van der Waals surface area contributed by atoms with Crippen molar-refractivity contribution in [2.75, 3.05) is 6.61 Å². The van der Waals surface area contributed by atoms with Crippen molar-refractivity contribution in [3.63, 3.8) is 0 Å². The number of aliphatic hydroxyl groups excluding tert-OH is 1. The zero-order chi connectivity index (χ0) is 11.0. The number of hydrogen-bond acceptors (Lipinski definition) is 3. The fourth-order valence-electron chi connectivity index (χ4n) is 1.89. The van der Waals surface area contributed by atoms with Gasteiger partial charge in [0.2, 0.25) is 0 Å². The summed E-state index contributed by atoms with van der Waals surface area (Å²) in [4.78, 5) is 12.1. The number of carbonyl (C=O) groups is 1. The third kappa shape index (κ3) is 1.98. The van der Waals surface area contributed by atoms with Crippen molar-refractivity contribution in [3.05, 3.63) is 0 Å². The van der Waals surface area contributed by atoms with Crippen molar-refractivity contribution in [1.29, 1.82) is 0 Å². The fourth-order valence-corrected chi connectivity index (χ4v) is 1.89. The molecule has 3 heteroatoms. The highest BCUT2D eigenvalue weighted by atomic mass is 16.5. The first-order valence-electron chi connectivity index (χ1n) is 5.15. The van der Waals surface area contributed by atoms with E-state index in [0.29, 0.717) is 13.0 Å². The van der Waals surface area contributed by atoms with E-state index in [0.717, 1.165) is 6.42 Å². The maximum atomic E-state index is 12.1. The maximum absolute atomic E-state index is 12.1. The Balaban J connectivity index is 2.87. The van der Waals surface area contributed by atoms with Gasteiger partial charge in [0.1, 0.15) is 5.60 Å². The second-order valence-corrected chi connectivity index (χ2v) is 5.19. The normalized spacial score (nSPS) is 34.2. The minimum absolute atomic E-state index is 0.0165. The molecule has 82 valence electrons. The Morgan fingerprint density at radius 1 is 1.50 bits per heavy atom. The summed E-state index contributed by atoms with van der Waals surface area (Å²) in [5, 5.41) is 9.82. The molecule has 14 heavy (non-hydrogen) atoms. The lowest BCUT2D eigenvalue weighted by molar-refractivity contribution is -0.177. The predicted octanol–water partition coefficient (Wildman–Crippen LogP) is 1.53. The molecular weight excluding hydrogens is 180 g/mol. The van der Waals surface area contributed by atoms with E-state index >= 15 is 0 Å². The highest BCUT2D eigenvalue weighted by Crippen LogP contribution is 2.32. The van der Waals surface area contributed by atoms with Crippen LogP contribution in [0.15, 0.2) is 0 Å². The molecule has 1 N–H and O–H groups in total. The van der Waals surface area contributed by atoms with E-state index in [2.05, 4.69) is 0 Å². The Labute approximate surface area is 85.5 Å². The van der Waals surface area contributed by atoms with Gasteiger partial charge in [-0.3, -0.25) is 4.79 Å². The summed E-state index contributed by atoms with van der Waals surface area (Å²) in [6.07, 6.45) is 0.815. The number of Topliss-reactive ketones (excluding diaryl/α,β-unsaturated/α-hetero) is 1. The molecule has 0 aromatic carbocycles. The van der Waals surface area contributed by atoms with Gasteiger partial charge in [-0.15, -0.1) is 0 Å². The molecule has 0 aliphatic carbocycles. The first-order valence-corrected chi connectivity index (χ1v) is 5.15. The smallest absolute Gasteiger partial charge is 0.172 e. The molecule has 0 aromatic rings. The Morgan fingerprint density at radius 2 is 2.07 bits per heavy atom. The SMILES string of the molecule is CC(C)(C)C(=O)[C@@]1(C)OCCC[C@H]1O. The molecule has 0 amide bonds. The second-order valence-electron chi connectivity index (χ2n) is 5.19. The Bertz CT molecular complexity index is 229. The number of carbonyl (C=O) groups excluding carboxylic acids is 1. The van der Waals surface area contributed by atoms with Gasteiger partial charge in [-0.2, -0.15) is 0 Å². The first-order chi connectivity index (χ1) is 6.28. The molecule has 0 saturated carbocycles. The highest BCUT2D eigenvalue weighted by molar-refractivity contribution is 5.92. The zero-order valence-electron chi connectivity index (χ0n) is 9.46. The summed E-state index contributed by atoms with van der Waals surface area (Å²) in [5.74, 6) is -0.0165. The van der Waals surface area contributed by atoms with E-state index < -0.39 is 17.1 Å². The molecular formula is C11H20O3. The molecule has 0 radical (unpaired) electrons. The molecule has 2 atom stereocenters. The van der Waals surface area contributed by atoms with Crippen LogP contribution in [0.4, 0.5) is 0 Å². The van der Waals surface area contributed by atoms with Crippen molar-refractivity contribution in [1.82, 2.24) is 0 Å². The molecule has 3 nitrogen and oxygen atoms in total. The summed E-state index contributed by atoms with van der Waals surface area (Å²) in [6, 6.07) is 0. The van der Waals surface area contributed by atoms with Crippen LogP contribution in [-0.2, 0) is 9.53 Å². The van der Waals surface area contributed by atoms with Crippen molar-refractivity contribution >= 4 is 5.78 Å². The minimum Gasteiger partial charge on any atom is -0.390 e. The van der Waals surface area contributed by atoms with E-state index in [-0.39, 0.29) is 5.78 Å². The van der Waals surface area contributed by atoms with Crippen LogP contribution in [0.5, 0.6) is 0 Å². The Morgan fingerprint density at radius 3 is 2.50 bits per heavy atom. The minimum atomic E-state index is -1.00. The number of hydrogen-bond donors (Lipinski definition) is 1. The van der Waals surface area contributed by atoms with Crippen molar-refractivity contribution in [3.8, 4) is 0 Å². The van der Waals surface area contributed by atoms with Crippen LogP contribution in [-0.4, -0.2) is 29.2 Å². The van der Waals surface area contributed by atoms with Gasteiger partial charge >= 0.3 is 0 Å². The number of rotatable bonds is 1. The van der Waals surface area contributed by atoms with Gasteiger partial charge in [0.25, 0.3) is 0 Å². The average Bonchev–Trinajstić information content (AvgIpc) is 2.07. The van der Waals surface area contributed by atoms with Gasteiger partial charge in [-0.05, 0) is 19.8 Å². The van der Waals surface area contributed by atoms with Crippen LogP contribution < -0.4 is 0 Å². The molecule has 0 unspecified atom stereocenters. The summed E-state index contributed by atoms with van der Waals surface area (Å²) < 4.78 is 5.47. The van der Waals surface area contributed by atoms with Crippen LogP contribution in [0.25, 0.3) is 0 Å². The number of aliphatic hydroxyl groups is 1. The van der Waals surface area contributed by atoms with Crippen LogP contribution in [0.2, 0.25) is 0 Å². The molecule has 1 aliphatic heterocycles. The van der Waals surface area contributed by atoms with E-state index in [4.69, 9.17) is 4.74 Å². The molecule has 1 saturated heterocycles. The van der Waals surface area contributed by atoms with Crippen molar-refractivity contribution in [2.24, 2.45) is 5.41 Å². The summed E-state index contributed by atoms with van der Waals surface area (Å²) in [6.45, 7) is 7.82. The van der Waals surface area contributed by atoms with Crippen LogP contribution in [0, 0.1) is 5.41 Å². The van der Waals surface area contributed by atoms with E-state index in [1.807, 2.05) is 20.8 Å².